The molecule has 2 nitrogen and oxygen atoms in total. The van der Waals surface area contributed by atoms with Gasteiger partial charge in [-0.15, -0.1) is 0 Å². The zero-order chi connectivity index (χ0) is 15.3. The molecule has 0 radical (unpaired) electrons. The van der Waals surface area contributed by atoms with Crippen LogP contribution in [0.5, 0.6) is 0 Å². The van der Waals surface area contributed by atoms with E-state index in [-0.39, 0.29) is 17.2 Å². The largest absolute Gasteiger partial charge is 0.442 e. The van der Waals surface area contributed by atoms with Crippen molar-refractivity contribution in [3.8, 4) is 0 Å². The Balaban J connectivity index is 1.94. The number of thioether (sulfide) groups is 1. The van der Waals surface area contributed by atoms with Crippen LogP contribution in [0.3, 0.4) is 0 Å². The van der Waals surface area contributed by atoms with Gasteiger partial charge in [-0.3, -0.25) is 4.79 Å². The van der Waals surface area contributed by atoms with Crippen molar-refractivity contribution in [2.75, 3.05) is 12.3 Å². The molecule has 0 bridgehead atoms. The summed E-state index contributed by atoms with van der Waals surface area (Å²) in [4.78, 5) is 11.6. The van der Waals surface area contributed by atoms with Crippen LogP contribution in [0.2, 0.25) is 0 Å². The smallest absolute Gasteiger partial charge is 0.354 e. The van der Waals surface area contributed by atoms with Crippen LogP contribution in [0.1, 0.15) is 31.2 Å². The fourth-order valence-electron chi connectivity index (χ4n) is 2.88. The number of hydrogen-bond donors (Lipinski definition) is 1. The van der Waals surface area contributed by atoms with Crippen molar-refractivity contribution in [2.24, 2.45) is 0 Å². The van der Waals surface area contributed by atoms with Crippen LogP contribution in [0.4, 0.5) is 13.2 Å². The maximum Gasteiger partial charge on any atom is 0.442 e. The Morgan fingerprint density at radius 1 is 1.19 bits per heavy atom. The van der Waals surface area contributed by atoms with E-state index in [1.807, 2.05) is 30.3 Å². The zero-order valence-electron chi connectivity index (χ0n) is 11.6. The van der Waals surface area contributed by atoms with E-state index in [9.17, 15) is 18.0 Å². The highest BCUT2D eigenvalue weighted by molar-refractivity contribution is 8.00. The van der Waals surface area contributed by atoms with E-state index in [2.05, 4.69) is 5.32 Å². The summed E-state index contributed by atoms with van der Waals surface area (Å²) in [5.74, 6) is -1.13. The monoisotopic (exact) mass is 317 g/mol. The average molecular weight is 317 g/mol. The van der Waals surface area contributed by atoms with Crippen molar-refractivity contribution in [2.45, 2.75) is 36.6 Å². The molecule has 2 rings (SSSR count). The van der Waals surface area contributed by atoms with E-state index >= 15 is 0 Å². The number of carbonyl (C=O) groups is 1. The van der Waals surface area contributed by atoms with Crippen LogP contribution >= 0.6 is 11.8 Å². The minimum Gasteiger partial charge on any atom is -0.354 e. The molecule has 0 saturated heterocycles. The van der Waals surface area contributed by atoms with Gasteiger partial charge in [0.05, 0.1) is 5.75 Å². The summed E-state index contributed by atoms with van der Waals surface area (Å²) in [6.45, 7) is 0.411. The van der Waals surface area contributed by atoms with E-state index in [0.29, 0.717) is 6.54 Å². The van der Waals surface area contributed by atoms with Crippen molar-refractivity contribution < 1.29 is 18.0 Å². The summed E-state index contributed by atoms with van der Waals surface area (Å²) in [5, 5.41) is 2.68. The van der Waals surface area contributed by atoms with Crippen LogP contribution in [0, 0.1) is 0 Å². The highest BCUT2D eigenvalue weighted by Gasteiger charge is 2.36. The second kappa shape index (κ2) is 6.73. The van der Waals surface area contributed by atoms with E-state index in [1.54, 1.807) is 0 Å². The van der Waals surface area contributed by atoms with Crippen molar-refractivity contribution in [1.82, 2.24) is 5.32 Å². The van der Waals surface area contributed by atoms with Crippen molar-refractivity contribution in [3.63, 3.8) is 0 Å². The van der Waals surface area contributed by atoms with Gasteiger partial charge in [0.2, 0.25) is 5.91 Å². The number of amides is 1. The standard InChI is InChI=1S/C15H18F3NOS/c16-15(17,18)21-10-13(20)19-11-14(8-4-5-9-14)12-6-2-1-3-7-12/h1-3,6-7H,4-5,8-11H2,(H,19,20). The first-order chi connectivity index (χ1) is 9.91. The van der Waals surface area contributed by atoms with Gasteiger partial charge < -0.3 is 5.32 Å². The molecule has 1 aromatic carbocycles. The number of rotatable bonds is 5. The lowest BCUT2D eigenvalue weighted by Gasteiger charge is -2.30. The van der Waals surface area contributed by atoms with Gasteiger partial charge in [0.1, 0.15) is 0 Å². The first-order valence-corrected chi connectivity index (χ1v) is 7.93. The molecular formula is C15H18F3NOS. The lowest BCUT2D eigenvalue weighted by molar-refractivity contribution is -0.119. The third kappa shape index (κ3) is 4.66. The van der Waals surface area contributed by atoms with Crippen molar-refractivity contribution >= 4 is 17.7 Å². The molecule has 0 spiro atoms. The maximum absolute atomic E-state index is 12.1. The Hall–Kier alpha value is -1.17. The normalized spacial score (nSPS) is 17.7. The number of benzene rings is 1. The number of halogens is 3. The van der Waals surface area contributed by atoms with Crippen LogP contribution in [0.25, 0.3) is 0 Å². The third-order valence-electron chi connectivity index (χ3n) is 3.94. The summed E-state index contributed by atoms with van der Waals surface area (Å²) in [7, 11) is 0. The molecule has 1 aliphatic carbocycles. The fraction of sp³-hybridized carbons (Fsp3) is 0.533. The minimum atomic E-state index is -4.36. The summed E-state index contributed by atoms with van der Waals surface area (Å²) in [5.41, 5.74) is -3.33. The predicted molar refractivity (Wildman–Crippen MR) is 78.1 cm³/mol. The molecular weight excluding hydrogens is 299 g/mol. The molecule has 1 fully saturated rings. The van der Waals surface area contributed by atoms with Crippen molar-refractivity contribution in [1.29, 1.82) is 0 Å². The van der Waals surface area contributed by atoms with E-state index < -0.39 is 17.2 Å². The Morgan fingerprint density at radius 3 is 2.38 bits per heavy atom. The summed E-state index contributed by atoms with van der Waals surface area (Å²) < 4.78 is 36.2. The van der Waals surface area contributed by atoms with E-state index in [1.165, 1.54) is 0 Å². The third-order valence-corrected chi connectivity index (χ3v) is 4.67. The van der Waals surface area contributed by atoms with Gasteiger partial charge >= 0.3 is 5.51 Å². The molecule has 6 heteroatoms. The molecule has 1 N–H and O–H groups in total. The summed E-state index contributed by atoms with van der Waals surface area (Å²) in [6, 6.07) is 9.90. The molecule has 116 valence electrons. The quantitative estimate of drug-likeness (QED) is 0.893. The molecule has 0 aliphatic heterocycles. The van der Waals surface area contributed by atoms with Crippen LogP contribution in [-0.4, -0.2) is 23.7 Å². The second-order valence-electron chi connectivity index (χ2n) is 5.36. The van der Waals surface area contributed by atoms with E-state index in [0.717, 1.165) is 31.2 Å². The van der Waals surface area contributed by atoms with Crippen LogP contribution < -0.4 is 5.32 Å². The number of hydrogen-bond acceptors (Lipinski definition) is 2. The Bertz CT molecular complexity index is 470. The number of nitrogens with one attached hydrogen (secondary N) is 1. The Kier molecular flexibility index (Phi) is 5.19. The lowest BCUT2D eigenvalue weighted by atomic mass is 9.79. The number of carbonyl (C=O) groups excluding carboxylic acids is 1. The Labute approximate surface area is 126 Å². The molecule has 1 aromatic rings. The molecule has 1 amide bonds. The first-order valence-electron chi connectivity index (χ1n) is 6.94. The maximum atomic E-state index is 12.1. The van der Waals surface area contributed by atoms with Gasteiger partial charge in [-0.05, 0) is 30.2 Å². The molecule has 21 heavy (non-hydrogen) atoms. The summed E-state index contributed by atoms with van der Waals surface area (Å²) in [6.07, 6.45) is 4.09. The highest BCUT2D eigenvalue weighted by Crippen LogP contribution is 2.40. The van der Waals surface area contributed by atoms with Crippen LogP contribution in [-0.2, 0) is 10.2 Å². The SMILES string of the molecule is O=C(CSC(F)(F)F)NCC1(c2ccccc2)CCCC1. The van der Waals surface area contributed by atoms with Gasteiger partial charge in [-0.25, -0.2) is 0 Å². The molecule has 0 aromatic heterocycles. The van der Waals surface area contributed by atoms with Gasteiger partial charge in [0.25, 0.3) is 0 Å². The van der Waals surface area contributed by atoms with Gasteiger partial charge in [0.15, 0.2) is 0 Å². The average Bonchev–Trinajstić information content (AvgIpc) is 2.93. The predicted octanol–water partition coefficient (Wildman–Crippen LogP) is 3.87. The van der Waals surface area contributed by atoms with Gasteiger partial charge in [-0.1, -0.05) is 43.2 Å². The highest BCUT2D eigenvalue weighted by atomic mass is 32.2. The minimum absolute atomic E-state index is 0.125. The van der Waals surface area contributed by atoms with E-state index in [4.69, 9.17) is 0 Å². The molecule has 1 saturated carbocycles. The zero-order valence-corrected chi connectivity index (χ0v) is 12.4. The topological polar surface area (TPSA) is 29.1 Å². The Morgan fingerprint density at radius 2 is 1.81 bits per heavy atom. The van der Waals surface area contributed by atoms with Gasteiger partial charge in [0, 0.05) is 12.0 Å². The first kappa shape index (κ1) is 16.2. The second-order valence-corrected chi connectivity index (χ2v) is 6.40. The molecule has 0 unspecified atom stereocenters. The van der Waals surface area contributed by atoms with Crippen molar-refractivity contribution in [3.05, 3.63) is 35.9 Å². The summed E-state index contributed by atoms with van der Waals surface area (Å²) >= 11 is -0.293. The fourth-order valence-corrected chi connectivity index (χ4v) is 3.27. The van der Waals surface area contributed by atoms with Gasteiger partial charge in [-0.2, -0.15) is 13.2 Å². The molecule has 1 aliphatic rings. The molecule has 0 heterocycles. The van der Waals surface area contributed by atoms with Crippen LogP contribution in [0.15, 0.2) is 30.3 Å². The molecule has 0 atom stereocenters. The number of alkyl halides is 3. The lowest BCUT2D eigenvalue weighted by Crippen LogP contribution is -2.40.